The van der Waals surface area contributed by atoms with Crippen LogP contribution < -0.4 is 10.1 Å². The summed E-state index contributed by atoms with van der Waals surface area (Å²) in [5.41, 5.74) is 2.09. The average Bonchev–Trinajstić information content (AvgIpc) is 3.01. The van der Waals surface area contributed by atoms with Gasteiger partial charge >= 0.3 is 0 Å². The van der Waals surface area contributed by atoms with E-state index < -0.39 is 6.10 Å². The molecule has 1 aromatic carbocycles. The normalized spacial score (nSPS) is 23.2. The summed E-state index contributed by atoms with van der Waals surface area (Å²) < 4.78 is 7.29. The zero-order valence-corrected chi connectivity index (χ0v) is 13.3. The second-order valence-electron chi connectivity index (χ2n) is 6.01. The van der Waals surface area contributed by atoms with E-state index in [-0.39, 0.29) is 24.6 Å². The number of carbonyl (C=O) groups excluding carboxylic acids is 1. The standard InChI is InChI=1S/C17H21N3O3/c1-11-4-5-12(2)15(8-11)23-10-16(22)19-13-9-14(21)17(13)20-7-3-6-18-20/h3-8,13-14,17,21H,9-10H2,1-2H3,(H,19,22). The van der Waals surface area contributed by atoms with Crippen LogP contribution in [0.25, 0.3) is 0 Å². The van der Waals surface area contributed by atoms with Gasteiger partial charge in [-0.05, 0) is 43.5 Å². The quantitative estimate of drug-likeness (QED) is 0.874. The monoisotopic (exact) mass is 315 g/mol. The molecule has 0 aliphatic heterocycles. The Morgan fingerprint density at radius 2 is 2.30 bits per heavy atom. The molecule has 122 valence electrons. The van der Waals surface area contributed by atoms with Crippen LogP contribution in [0.4, 0.5) is 0 Å². The summed E-state index contributed by atoms with van der Waals surface area (Å²) in [5.74, 6) is 0.525. The van der Waals surface area contributed by atoms with Gasteiger partial charge in [0.25, 0.3) is 5.91 Å². The molecule has 6 heteroatoms. The number of rotatable bonds is 5. The zero-order valence-electron chi connectivity index (χ0n) is 13.3. The molecule has 6 nitrogen and oxygen atoms in total. The maximum absolute atomic E-state index is 12.1. The Balaban J connectivity index is 1.54. The van der Waals surface area contributed by atoms with Gasteiger partial charge in [-0.2, -0.15) is 5.10 Å². The fraction of sp³-hybridized carbons (Fsp3) is 0.412. The van der Waals surface area contributed by atoms with E-state index >= 15 is 0 Å². The maximum atomic E-state index is 12.1. The Kier molecular flexibility index (Phi) is 4.34. The number of amides is 1. The number of nitrogens with one attached hydrogen (secondary N) is 1. The molecule has 0 bridgehead atoms. The molecule has 1 heterocycles. The van der Waals surface area contributed by atoms with Crippen LogP contribution in [-0.2, 0) is 4.79 Å². The molecule has 1 saturated carbocycles. The molecule has 3 unspecified atom stereocenters. The van der Waals surface area contributed by atoms with E-state index in [4.69, 9.17) is 4.74 Å². The van der Waals surface area contributed by atoms with Crippen molar-refractivity contribution < 1.29 is 14.6 Å². The number of aryl methyl sites for hydroxylation is 2. The van der Waals surface area contributed by atoms with Gasteiger partial charge in [0.15, 0.2) is 6.61 Å². The van der Waals surface area contributed by atoms with Crippen LogP contribution in [0.1, 0.15) is 23.6 Å². The number of hydrogen-bond acceptors (Lipinski definition) is 4. The molecule has 1 fully saturated rings. The number of aliphatic hydroxyl groups is 1. The number of aromatic nitrogens is 2. The molecule has 2 aromatic rings. The number of carbonyl (C=O) groups is 1. The van der Waals surface area contributed by atoms with Gasteiger partial charge in [-0.25, -0.2) is 0 Å². The fourth-order valence-corrected chi connectivity index (χ4v) is 2.83. The number of nitrogens with zero attached hydrogens (tertiary/aromatic N) is 2. The van der Waals surface area contributed by atoms with E-state index in [1.807, 2.05) is 32.0 Å². The van der Waals surface area contributed by atoms with E-state index in [9.17, 15) is 9.90 Å². The van der Waals surface area contributed by atoms with Crippen molar-refractivity contribution in [3.8, 4) is 5.75 Å². The van der Waals surface area contributed by atoms with Crippen molar-refractivity contribution in [2.45, 2.75) is 38.5 Å². The molecule has 3 rings (SSSR count). The molecular formula is C17H21N3O3. The molecule has 0 spiro atoms. The van der Waals surface area contributed by atoms with Crippen molar-refractivity contribution in [1.82, 2.24) is 15.1 Å². The van der Waals surface area contributed by atoms with Crippen LogP contribution in [0.5, 0.6) is 5.75 Å². The predicted octanol–water partition coefficient (Wildman–Crippen LogP) is 1.37. The minimum Gasteiger partial charge on any atom is -0.483 e. The van der Waals surface area contributed by atoms with E-state index in [1.54, 1.807) is 23.1 Å². The smallest absolute Gasteiger partial charge is 0.258 e. The summed E-state index contributed by atoms with van der Waals surface area (Å²) in [4.78, 5) is 12.1. The van der Waals surface area contributed by atoms with Gasteiger partial charge in [-0.3, -0.25) is 9.48 Å². The van der Waals surface area contributed by atoms with Crippen LogP contribution in [0, 0.1) is 13.8 Å². The van der Waals surface area contributed by atoms with Gasteiger partial charge < -0.3 is 15.2 Å². The summed E-state index contributed by atoms with van der Waals surface area (Å²) >= 11 is 0. The van der Waals surface area contributed by atoms with Gasteiger partial charge in [0.1, 0.15) is 5.75 Å². The molecule has 1 aliphatic carbocycles. The molecule has 1 aliphatic rings. The first kappa shape index (κ1) is 15.6. The Labute approximate surface area is 135 Å². The lowest BCUT2D eigenvalue weighted by Gasteiger charge is -2.41. The molecule has 23 heavy (non-hydrogen) atoms. The lowest BCUT2D eigenvalue weighted by atomic mass is 9.83. The average molecular weight is 315 g/mol. The van der Waals surface area contributed by atoms with Crippen LogP contribution in [-0.4, -0.2) is 39.5 Å². The highest BCUT2D eigenvalue weighted by molar-refractivity contribution is 5.78. The van der Waals surface area contributed by atoms with E-state index in [1.165, 1.54) is 0 Å². The van der Waals surface area contributed by atoms with Gasteiger partial charge in [-0.1, -0.05) is 12.1 Å². The van der Waals surface area contributed by atoms with Gasteiger partial charge in [0, 0.05) is 12.4 Å². The maximum Gasteiger partial charge on any atom is 0.258 e. The van der Waals surface area contributed by atoms with Crippen molar-refractivity contribution >= 4 is 5.91 Å². The molecular weight excluding hydrogens is 294 g/mol. The minimum absolute atomic E-state index is 0.0390. The highest BCUT2D eigenvalue weighted by Gasteiger charge is 2.42. The summed E-state index contributed by atoms with van der Waals surface area (Å²) in [5, 5.41) is 16.9. The van der Waals surface area contributed by atoms with E-state index in [0.29, 0.717) is 6.42 Å². The zero-order chi connectivity index (χ0) is 16.4. The first-order valence-corrected chi connectivity index (χ1v) is 7.71. The third-order valence-electron chi connectivity index (χ3n) is 4.18. The second-order valence-corrected chi connectivity index (χ2v) is 6.01. The molecule has 2 N–H and O–H groups in total. The van der Waals surface area contributed by atoms with Gasteiger partial charge in [0.05, 0.1) is 18.2 Å². The summed E-state index contributed by atoms with van der Waals surface area (Å²) in [6.45, 7) is 3.89. The Hall–Kier alpha value is -2.34. The summed E-state index contributed by atoms with van der Waals surface area (Å²) in [6, 6.07) is 7.36. The number of benzene rings is 1. The van der Waals surface area contributed by atoms with E-state index in [0.717, 1.165) is 16.9 Å². The fourth-order valence-electron chi connectivity index (χ4n) is 2.83. The van der Waals surface area contributed by atoms with Crippen LogP contribution in [0.15, 0.2) is 36.7 Å². The molecule has 1 amide bonds. The molecule has 0 radical (unpaired) electrons. The van der Waals surface area contributed by atoms with Crippen molar-refractivity contribution in [1.29, 1.82) is 0 Å². The Morgan fingerprint density at radius 3 is 3.00 bits per heavy atom. The Morgan fingerprint density at radius 1 is 1.48 bits per heavy atom. The SMILES string of the molecule is Cc1ccc(C)c(OCC(=O)NC2CC(O)C2n2cccn2)c1. The second kappa shape index (κ2) is 6.42. The van der Waals surface area contributed by atoms with Gasteiger partial charge in [0.2, 0.25) is 0 Å². The van der Waals surface area contributed by atoms with E-state index in [2.05, 4.69) is 10.4 Å². The van der Waals surface area contributed by atoms with Gasteiger partial charge in [-0.15, -0.1) is 0 Å². The Bertz CT molecular complexity index is 684. The largest absolute Gasteiger partial charge is 0.483 e. The first-order valence-electron chi connectivity index (χ1n) is 7.71. The molecule has 3 atom stereocenters. The topological polar surface area (TPSA) is 76.4 Å². The van der Waals surface area contributed by atoms with Crippen molar-refractivity contribution in [2.24, 2.45) is 0 Å². The summed E-state index contributed by atoms with van der Waals surface area (Å²) in [6.07, 6.45) is 3.49. The minimum atomic E-state index is -0.486. The molecule has 0 saturated heterocycles. The third kappa shape index (κ3) is 3.37. The lowest BCUT2D eigenvalue weighted by Crippen LogP contribution is -2.56. The van der Waals surface area contributed by atoms with Crippen LogP contribution in [0.3, 0.4) is 0 Å². The van der Waals surface area contributed by atoms with Crippen LogP contribution in [0.2, 0.25) is 0 Å². The van der Waals surface area contributed by atoms with Crippen molar-refractivity contribution in [3.05, 3.63) is 47.8 Å². The number of hydrogen-bond donors (Lipinski definition) is 2. The number of aliphatic hydroxyl groups excluding tert-OH is 1. The van der Waals surface area contributed by atoms with Crippen molar-refractivity contribution in [2.75, 3.05) is 6.61 Å². The third-order valence-corrected chi connectivity index (χ3v) is 4.18. The summed E-state index contributed by atoms with van der Waals surface area (Å²) in [7, 11) is 0. The first-order chi connectivity index (χ1) is 11.0. The molecule has 1 aromatic heterocycles. The van der Waals surface area contributed by atoms with Crippen LogP contribution >= 0.6 is 0 Å². The number of ether oxygens (including phenoxy) is 1. The highest BCUT2D eigenvalue weighted by atomic mass is 16.5. The van der Waals surface area contributed by atoms with Crippen molar-refractivity contribution in [3.63, 3.8) is 0 Å². The predicted molar refractivity (Wildman–Crippen MR) is 85.2 cm³/mol. The highest BCUT2D eigenvalue weighted by Crippen LogP contribution is 2.32. The lowest BCUT2D eigenvalue weighted by molar-refractivity contribution is -0.126.